The first kappa shape index (κ1) is 19.1. The molecule has 3 rings (SSSR count). The third-order valence-corrected chi connectivity index (χ3v) is 4.90. The Bertz CT molecular complexity index is 730. The highest BCUT2D eigenvalue weighted by molar-refractivity contribution is 5.96. The number of hydrogen-bond donors (Lipinski definition) is 3. The van der Waals surface area contributed by atoms with Crippen molar-refractivity contribution in [2.75, 3.05) is 50.7 Å². The standard InChI is InChI=1S/C17H23N5O5/c18-16(19)12-1-3-13(4-2-12)21-10-14(27-17(21)25)9-20-5-7-22(26,8-6-20)11-15(23)24/h1-4,14H,5-11H2,(H3,18,19)(H,23,24). The van der Waals surface area contributed by atoms with Gasteiger partial charge in [0.25, 0.3) is 0 Å². The van der Waals surface area contributed by atoms with Gasteiger partial charge in [-0.25, -0.2) is 9.59 Å². The Labute approximate surface area is 156 Å². The monoisotopic (exact) mass is 377 g/mol. The van der Waals surface area contributed by atoms with Gasteiger partial charge in [0.2, 0.25) is 0 Å². The number of nitrogen functional groups attached to an aromatic ring is 1. The second-order valence-corrected chi connectivity index (χ2v) is 6.93. The zero-order valence-electron chi connectivity index (χ0n) is 14.8. The van der Waals surface area contributed by atoms with Crippen LogP contribution in [0, 0.1) is 10.6 Å². The number of nitrogens with zero attached hydrogens (tertiary/aromatic N) is 3. The molecule has 0 aliphatic carbocycles. The Morgan fingerprint density at radius 1 is 1.33 bits per heavy atom. The molecule has 0 radical (unpaired) electrons. The van der Waals surface area contributed by atoms with Crippen LogP contribution in [0.15, 0.2) is 24.3 Å². The van der Waals surface area contributed by atoms with Crippen molar-refractivity contribution in [3.63, 3.8) is 0 Å². The molecule has 2 saturated heterocycles. The van der Waals surface area contributed by atoms with Crippen molar-refractivity contribution >= 4 is 23.6 Å². The summed E-state index contributed by atoms with van der Waals surface area (Å²) in [5.41, 5.74) is 6.68. The number of hydrogen-bond acceptors (Lipinski definition) is 6. The summed E-state index contributed by atoms with van der Waals surface area (Å²) in [6.45, 7) is 1.83. The van der Waals surface area contributed by atoms with E-state index in [0.717, 1.165) is 0 Å². The molecule has 0 aromatic heterocycles. The quantitative estimate of drug-likeness (QED) is 0.274. The van der Waals surface area contributed by atoms with E-state index in [1.807, 2.05) is 4.90 Å². The molecule has 146 valence electrons. The molecular weight excluding hydrogens is 354 g/mol. The number of carboxylic acid groups (broad SMARTS) is 1. The lowest BCUT2D eigenvalue weighted by Crippen LogP contribution is -2.58. The highest BCUT2D eigenvalue weighted by Gasteiger charge is 2.35. The van der Waals surface area contributed by atoms with Crippen molar-refractivity contribution in [3.05, 3.63) is 35.0 Å². The van der Waals surface area contributed by atoms with Gasteiger partial charge in [0.05, 0.1) is 19.6 Å². The van der Waals surface area contributed by atoms with E-state index in [9.17, 15) is 14.8 Å². The Morgan fingerprint density at radius 2 is 1.96 bits per heavy atom. The molecule has 1 amide bonds. The first-order valence-corrected chi connectivity index (χ1v) is 8.70. The summed E-state index contributed by atoms with van der Waals surface area (Å²) >= 11 is 0. The third-order valence-electron chi connectivity index (χ3n) is 4.90. The summed E-state index contributed by atoms with van der Waals surface area (Å²) in [6, 6.07) is 6.79. The number of amidine groups is 1. The third kappa shape index (κ3) is 4.54. The number of benzene rings is 1. The summed E-state index contributed by atoms with van der Waals surface area (Å²) in [4.78, 5) is 26.5. The number of carbonyl (C=O) groups excluding carboxylic acids is 1. The molecule has 27 heavy (non-hydrogen) atoms. The summed E-state index contributed by atoms with van der Waals surface area (Å²) in [5, 5.41) is 28.5. The molecule has 0 saturated carbocycles. The lowest BCUT2D eigenvalue weighted by Gasteiger charge is -2.47. The molecule has 0 bridgehead atoms. The predicted molar refractivity (Wildman–Crippen MR) is 97.4 cm³/mol. The van der Waals surface area contributed by atoms with Crippen LogP contribution in [0.2, 0.25) is 0 Å². The van der Waals surface area contributed by atoms with E-state index in [2.05, 4.69) is 0 Å². The number of piperazine rings is 1. The number of quaternary nitrogens is 1. The lowest BCUT2D eigenvalue weighted by atomic mass is 10.2. The van der Waals surface area contributed by atoms with Gasteiger partial charge in [-0.2, -0.15) is 0 Å². The van der Waals surface area contributed by atoms with Gasteiger partial charge in [0, 0.05) is 30.9 Å². The van der Waals surface area contributed by atoms with Crippen molar-refractivity contribution in [1.29, 1.82) is 5.41 Å². The molecule has 2 aliphatic rings. The molecule has 1 aromatic rings. The van der Waals surface area contributed by atoms with Crippen LogP contribution in [0.5, 0.6) is 0 Å². The zero-order valence-corrected chi connectivity index (χ0v) is 14.8. The number of nitrogens with one attached hydrogen (secondary N) is 1. The average Bonchev–Trinajstić information content (AvgIpc) is 2.97. The molecule has 1 atom stereocenters. The van der Waals surface area contributed by atoms with E-state index in [-0.39, 0.29) is 25.0 Å². The van der Waals surface area contributed by atoms with Crippen molar-refractivity contribution in [3.8, 4) is 0 Å². The van der Waals surface area contributed by atoms with Gasteiger partial charge in [0.15, 0.2) is 6.54 Å². The fourth-order valence-electron chi connectivity index (χ4n) is 3.39. The van der Waals surface area contributed by atoms with E-state index >= 15 is 0 Å². The van der Waals surface area contributed by atoms with Crippen LogP contribution in [0.1, 0.15) is 5.56 Å². The van der Waals surface area contributed by atoms with Gasteiger partial charge < -0.3 is 25.4 Å². The fraction of sp³-hybridized carbons (Fsp3) is 0.471. The van der Waals surface area contributed by atoms with Crippen LogP contribution in [0.25, 0.3) is 0 Å². The number of cyclic esters (lactones) is 1. The molecular formula is C17H23N5O5. The van der Waals surface area contributed by atoms with Crippen molar-refractivity contribution in [2.24, 2.45) is 5.73 Å². The van der Waals surface area contributed by atoms with Crippen LogP contribution in [0.4, 0.5) is 10.5 Å². The van der Waals surface area contributed by atoms with Crippen molar-refractivity contribution in [2.45, 2.75) is 6.10 Å². The molecule has 10 heteroatoms. The molecule has 10 nitrogen and oxygen atoms in total. The van der Waals surface area contributed by atoms with Crippen LogP contribution in [-0.4, -0.2) is 84.5 Å². The maximum absolute atomic E-state index is 12.3. The highest BCUT2D eigenvalue weighted by Crippen LogP contribution is 2.23. The number of hydroxylamine groups is 3. The van der Waals surface area contributed by atoms with E-state index in [4.69, 9.17) is 21.0 Å². The summed E-state index contributed by atoms with van der Waals surface area (Å²) in [7, 11) is 0. The Hall–Kier alpha value is -2.69. The Morgan fingerprint density at radius 3 is 2.52 bits per heavy atom. The summed E-state index contributed by atoms with van der Waals surface area (Å²) in [5.74, 6) is -1.13. The average molecular weight is 377 g/mol. The van der Waals surface area contributed by atoms with Crippen LogP contribution in [-0.2, 0) is 9.53 Å². The molecule has 0 spiro atoms. The minimum Gasteiger partial charge on any atom is -0.632 e. The van der Waals surface area contributed by atoms with E-state index < -0.39 is 23.3 Å². The van der Waals surface area contributed by atoms with Gasteiger partial charge >= 0.3 is 12.1 Å². The fourth-order valence-corrected chi connectivity index (χ4v) is 3.39. The number of nitrogens with two attached hydrogens (primary N) is 1. The molecule has 1 aromatic carbocycles. The number of aliphatic carboxylic acids is 1. The summed E-state index contributed by atoms with van der Waals surface area (Å²) < 4.78 is 4.71. The van der Waals surface area contributed by atoms with Gasteiger partial charge in [-0.3, -0.25) is 15.2 Å². The van der Waals surface area contributed by atoms with Crippen LogP contribution >= 0.6 is 0 Å². The minimum absolute atomic E-state index is 0.0377. The van der Waals surface area contributed by atoms with Crippen LogP contribution in [0.3, 0.4) is 0 Å². The van der Waals surface area contributed by atoms with E-state index in [1.165, 1.54) is 4.90 Å². The number of carboxylic acids is 1. The molecule has 4 N–H and O–H groups in total. The SMILES string of the molecule is N=C(N)c1ccc(N2CC(CN3CC[N+]([O-])(CC(=O)O)CC3)OC2=O)cc1. The molecule has 2 heterocycles. The molecule has 1 unspecified atom stereocenters. The first-order valence-electron chi connectivity index (χ1n) is 8.70. The van der Waals surface area contributed by atoms with Gasteiger partial charge in [-0.15, -0.1) is 0 Å². The maximum Gasteiger partial charge on any atom is 0.414 e. The highest BCUT2D eigenvalue weighted by atomic mass is 16.6. The van der Waals surface area contributed by atoms with Gasteiger partial charge in [-0.1, -0.05) is 0 Å². The Kier molecular flexibility index (Phi) is 5.31. The summed E-state index contributed by atoms with van der Waals surface area (Å²) in [6.07, 6.45) is -0.761. The first-order chi connectivity index (χ1) is 12.8. The number of ether oxygens (including phenoxy) is 1. The second kappa shape index (κ2) is 7.51. The zero-order chi connectivity index (χ0) is 19.6. The largest absolute Gasteiger partial charge is 0.632 e. The smallest absolute Gasteiger partial charge is 0.414 e. The number of anilines is 1. The normalized spacial score (nSPS) is 22.5. The number of carbonyl (C=O) groups is 2. The predicted octanol–water partition coefficient (Wildman–Crippen LogP) is 0.0107. The molecule has 2 aliphatic heterocycles. The van der Waals surface area contributed by atoms with Crippen molar-refractivity contribution in [1.82, 2.24) is 4.90 Å². The minimum atomic E-state index is -1.09. The van der Waals surface area contributed by atoms with E-state index in [0.29, 0.717) is 37.4 Å². The number of rotatable bonds is 6. The van der Waals surface area contributed by atoms with Gasteiger partial charge in [0.1, 0.15) is 11.9 Å². The van der Waals surface area contributed by atoms with Gasteiger partial charge in [-0.05, 0) is 24.3 Å². The van der Waals surface area contributed by atoms with Crippen LogP contribution < -0.4 is 10.6 Å². The second-order valence-electron chi connectivity index (χ2n) is 6.93. The lowest BCUT2D eigenvalue weighted by molar-refractivity contribution is -0.878. The Balaban J connectivity index is 1.54. The molecule has 2 fully saturated rings. The number of amides is 1. The van der Waals surface area contributed by atoms with Crippen molar-refractivity contribution < 1.29 is 24.1 Å². The van der Waals surface area contributed by atoms with E-state index in [1.54, 1.807) is 24.3 Å². The topological polar surface area (TPSA) is 143 Å². The maximum atomic E-state index is 12.3.